The summed E-state index contributed by atoms with van der Waals surface area (Å²) in [6.45, 7) is 6.55. The predicted octanol–water partition coefficient (Wildman–Crippen LogP) is 25.2. The van der Waals surface area contributed by atoms with E-state index in [0.29, 0.717) is 19.3 Å². The molecule has 0 heterocycles. The summed E-state index contributed by atoms with van der Waals surface area (Å²) in [6, 6.07) is 0. The Bertz CT molecular complexity index is 1520. The van der Waals surface area contributed by atoms with Crippen LogP contribution in [0.25, 0.3) is 0 Å². The highest BCUT2D eigenvalue weighted by atomic mass is 16.6. The average Bonchev–Trinajstić information content (AvgIpc) is 3.50. The molecule has 6 nitrogen and oxygen atoms in total. The lowest BCUT2D eigenvalue weighted by molar-refractivity contribution is -0.167. The van der Waals surface area contributed by atoms with Crippen LogP contribution in [0.3, 0.4) is 0 Å². The van der Waals surface area contributed by atoms with E-state index in [4.69, 9.17) is 14.2 Å². The van der Waals surface area contributed by atoms with Gasteiger partial charge in [-0.15, -0.1) is 0 Å². The number of hydrogen-bond donors (Lipinski definition) is 0. The maximum atomic E-state index is 13.0. The van der Waals surface area contributed by atoms with Gasteiger partial charge in [0.15, 0.2) is 6.10 Å². The molecule has 83 heavy (non-hydrogen) atoms. The van der Waals surface area contributed by atoms with Crippen LogP contribution in [0.2, 0.25) is 0 Å². The highest BCUT2D eigenvalue weighted by molar-refractivity contribution is 5.71. The Hall–Kier alpha value is -3.15. The van der Waals surface area contributed by atoms with Gasteiger partial charge in [-0.2, -0.15) is 0 Å². The molecular formula is C77H138O6. The Labute approximate surface area is 516 Å². The maximum Gasteiger partial charge on any atom is 0.306 e. The molecule has 0 spiro atoms. The second-order valence-electron chi connectivity index (χ2n) is 24.5. The summed E-state index contributed by atoms with van der Waals surface area (Å²) in [5.41, 5.74) is 0. The van der Waals surface area contributed by atoms with E-state index in [2.05, 4.69) is 93.7 Å². The number of hydrogen-bond acceptors (Lipinski definition) is 6. The van der Waals surface area contributed by atoms with E-state index in [1.165, 1.54) is 250 Å². The monoisotopic (exact) mass is 1160 g/mol. The van der Waals surface area contributed by atoms with Gasteiger partial charge in [-0.3, -0.25) is 14.4 Å². The Morgan fingerprint density at radius 3 is 0.771 bits per heavy atom. The third-order valence-corrected chi connectivity index (χ3v) is 16.2. The number of allylic oxidation sites excluding steroid dienone is 12. The maximum absolute atomic E-state index is 13.0. The molecule has 0 saturated heterocycles. The quantitative estimate of drug-likeness (QED) is 0.0261. The average molecular weight is 1160 g/mol. The van der Waals surface area contributed by atoms with Crippen molar-refractivity contribution in [1.82, 2.24) is 0 Å². The van der Waals surface area contributed by atoms with Crippen LogP contribution >= 0.6 is 0 Å². The van der Waals surface area contributed by atoms with E-state index in [-0.39, 0.29) is 31.1 Å². The van der Waals surface area contributed by atoms with Gasteiger partial charge < -0.3 is 14.2 Å². The number of carbonyl (C=O) groups excluding carboxylic acids is 3. The van der Waals surface area contributed by atoms with Gasteiger partial charge in [0.25, 0.3) is 0 Å². The summed E-state index contributed by atoms with van der Waals surface area (Å²) in [5.74, 6) is -0.870. The summed E-state index contributed by atoms with van der Waals surface area (Å²) in [7, 11) is 0. The number of carbonyl (C=O) groups is 3. The molecule has 0 rings (SSSR count). The standard InChI is InChI=1S/C77H138O6/c1-4-7-10-13-16-19-22-25-28-31-33-34-35-36-37-38-39-40-41-42-44-46-49-52-55-58-61-64-67-70-76(79)82-73-74(72-81-75(78)69-66-63-60-57-54-51-48-45-30-27-24-21-18-15-12-9-6-3)83-77(80)71-68-65-62-59-56-53-50-47-43-32-29-26-23-20-17-14-11-8-5-2/h9,12,17-18,20-21,26-27,29-31,33,74H,4-8,10-11,13-16,19,22-25,28,32,34-73H2,1-3H3/b12-9-,20-17-,21-18-,29-26-,30-27-,33-31-. The van der Waals surface area contributed by atoms with Crippen LogP contribution in [0.15, 0.2) is 72.9 Å². The topological polar surface area (TPSA) is 78.9 Å². The Morgan fingerprint density at radius 2 is 0.470 bits per heavy atom. The van der Waals surface area contributed by atoms with Crippen LogP contribution in [0.5, 0.6) is 0 Å². The second kappa shape index (κ2) is 71.3. The Balaban J connectivity index is 4.26. The van der Waals surface area contributed by atoms with Crippen molar-refractivity contribution >= 4 is 17.9 Å². The minimum absolute atomic E-state index is 0.0772. The zero-order valence-corrected chi connectivity index (χ0v) is 55.5. The van der Waals surface area contributed by atoms with Gasteiger partial charge in [0.2, 0.25) is 0 Å². The van der Waals surface area contributed by atoms with Gasteiger partial charge in [0.1, 0.15) is 13.2 Å². The summed E-state index contributed by atoms with van der Waals surface area (Å²) in [5, 5.41) is 0. The smallest absolute Gasteiger partial charge is 0.306 e. The molecule has 0 bridgehead atoms. The SMILES string of the molecule is CC/C=C\C/C=C\C/C=C\CCCCCCCCCC(=O)OCC(COC(=O)CCCCCCCCCCCCCCCCCCC/C=C\CCCCCCCCCC)OC(=O)CCCCCCCCCCC/C=C\C/C=C\CCCCC. The van der Waals surface area contributed by atoms with Crippen molar-refractivity contribution in [3.8, 4) is 0 Å². The summed E-state index contributed by atoms with van der Waals surface area (Å²) in [4.78, 5) is 38.5. The van der Waals surface area contributed by atoms with Gasteiger partial charge in [-0.1, -0.05) is 325 Å². The van der Waals surface area contributed by atoms with E-state index in [9.17, 15) is 14.4 Å². The third kappa shape index (κ3) is 69.5. The van der Waals surface area contributed by atoms with Gasteiger partial charge in [0, 0.05) is 19.3 Å². The number of esters is 3. The lowest BCUT2D eigenvalue weighted by atomic mass is 10.0. The zero-order valence-electron chi connectivity index (χ0n) is 55.5. The molecule has 1 unspecified atom stereocenters. The zero-order chi connectivity index (χ0) is 59.9. The first-order chi connectivity index (χ1) is 41.0. The summed E-state index contributed by atoms with van der Waals surface area (Å²) in [6.07, 6.45) is 93.7. The highest BCUT2D eigenvalue weighted by Gasteiger charge is 2.19. The molecule has 0 amide bonds. The molecule has 0 saturated carbocycles. The Kier molecular flexibility index (Phi) is 68.6. The van der Waals surface area contributed by atoms with Crippen molar-refractivity contribution in [1.29, 1.82) is 0 Å². The van der Waals surface area contributed by atoms with E-state index >= 15 is 0 Å². The van der Waals surface area contributed by atoms with Crippen LogP contribution < -0.4 is 0 Å². The second-order valence-corrected chi connectivity index (χ2v) is 24.5. The minimum atomic E-state index is -0.783. The molecule has 6 heteroatoms. The first-order valence-corrected chi connectivity index (χ1v) is 36.4. The fourth-order valence-electron chi connectivity index (χ4n) is 10.7. The van der Waals surface area contributed by atoms with E-state index in [0.717, 1.165) is 89.9 Å². The van der Waals surface area contributed by atoms with Crippen molar-refractivity contribution in [3.63, 3.8) is 0 Å². The van der Waals surface area contributed by atoms with Crippen molar-refractivity contribution in [2.24, 2.45) is 0 Å². The fraction of sp³-hybridized carbons (Fsp3) is 0.805. The van der Waals surface area contributed by atoms with Crippen molar-refractivity contribution in [2.45, 2.75) is 386 Å². The molecule has 0 N–H and O–H groups in total. The van der Waals surface area contributed by atoms with Crippen LogP contribution in [0.1, 0.15) is 380 Å². The number of rotatable bonds is 67. The minimum Gasteiger partial charge on any atom is -0.462 e. The molecule has 0 aromatic heterocycles. The lowest BCUT2D eigenvalue weighted by Crippen LogP contribution is -2.30. The number of unbranched alkanes of at least 4 members (excludes halogenated alkanes) is 44. The van der Waals surface area contributed by atoms with E-state index in [1.54, 1.807) is 0 Å². The molecule has 0 aliphatic carbocycles. The molecule has 0 aromatic rings. The van der Waals surface area contributed by atoms with Crippen molar-refractivity contribution in [2.75, 3.05) is 13.2 Å². The summed E-state index contributed by atoms with van der Waals surface area (Å²) < 4.78 is 17.0. The third-order valence-electron chi connectivity index (χ3n) is 16.2. The normalized spacial score (nSPS) is 12.5. The molecule has 0 fully saturated rings. The van der Waals surface area contributed by atoms with Crippen LogP contribution in [-0.2, 0) is 28.6 Å². The molecular weight excluding hydrogens is 1020 g/mol. The summed E-state index contributed by atoms with van der Waals surface area (Å²) >= 11 is 0. The van der Waals surface area contributed by atoms with Crippen LogP contribution in [0, 0.1) is 0 Å². The van der Waals surface area contributed by atoms with Crippen LogP contribution in [0.4, 0.5) is 0 Å². The largest absolute Gasteiger partial charge is 0.462 e. The molecule has 0 aliphatic heterocycles. The first-order valence-electron chi connectivity index (χ1n) is 36.4. The molecule has 0 radical (unpaired) electrons. The predicted molar refractivity (Wildman–Crippen MR) is 362 cm³/mol. The highest BCUT2D eigenvalue weighted by Crippen LogP contribution is 2.18. The van der Waals surface area contributed by atoms with Gasteiger partial charge in [-0.25, -0.2) is 0 Å². The Morgan fingerprint density at radius 1 is 0.253 bits per heavy atom. The molecule has 0 aromatic carbocycles. The lowest BCUT2D eigenvalue weighted by Gasteiger charge is -2.18. The first kappa shape index (κ1) is 79.8. The van der Waals surface area contributed by atoms with Gasteiger partial charge in [-0.05, 0) is 109 Å². The molecule has 1 atom stereocenters. The van der Waals surface area contributed by atoms with Crippen molar-refractivity contribution < 1.29 is 28.6 Å². The van der Waals surface area contributed by atoms with Crippen molar-refractivity contribution in [3.05, 3.63) is 72.9 Å². The van der Waals surface area contributed by atoms with Gasteiger partial charge >= 0.3 is 17.9 Å². The molecule has 482 valence electrons. The van der Waals surface area contributed by atoms with Gasteiger partial charge in [0.05, 0.1) is 0 Å². The van der Waals surface area contributed by atoms with E-state index in [1.807, 2.05) is 0 Å². The van der Waals surface area contributed by atoms with Crippen LogP contribution in [-0.4, -0.2) is 37.2 Å². The fourth-order valence-corrected chi connectivity index (χ4v) is 10.7. The molecule has 0 aliphatic rings. The van der Waals surface area contributed by atoms with E-state index < -0.39 is 6.10 Å². The number of ether oxygens (including phenoxy) is 3.